The summed E-state index contributed by atoms with van der Waals surface area (Å²) in [4.78, 5) is 26.1. The van der Waals surface area contributed by atoms with Gasteiger partial charge < -0.3 is 4.90 Å². The number of hydrogen-bond donors (Lipinski definition) is 2. The molecule has 1 aliphatic heterocycles. The fourth-order valence-electron chi connectivity index (χ4n) is 5.72. The molecule has 7 nitrogen and oxygen atoms in total. The fraction of sp³-hybridized carbons (Fsp3) is 0.478. The van der Waals surface area contributed by atoms with Crippen LogP contribution in [0.4, 0.5) is 8.78 Å². The van der Waals surface area contributed by atoms with Crippen LogP contribution >= 0.6 is 11.6 Å². The Labute approximate surface area is 193 Å². The number of aromatic amines is 2. The van der Waals surface area contributed by atoms with Gasteiger partial charge in [-0.05, 0) is 67.2 Å². The highest BCUT2D eigenvalue weighted by Crippen LogP contribution is 2.53. The molecule has 2 aromatic heterocycles. The minimum atomic E-state index is -2.79. The highest BCUT2D eigenvalue weighted by atomic mass is 35.5. The minimum absolute atomic E-state index is 0.268. The van der Waals surface area contributed by atoms with Crippen LogP contribution in [0.5, 0.6) is 0 Å². The van der Waals surface area contributed by atoms with Crippen LogP contribution in [0.2, 0.25) is 5.02 Å². The van der Waals surface area contributed by atoms with E-state index in [4.69, 9.17) is 11.6 Å². The molecule has 33 heavy (non-hydrogen) atoms. The number of benzene rings is 1. The molecule has 10 heteroatoms. The van der Waals surface area contributed by atoms with E-state index < -0.39 is 17.5 Å². The van der Waals surface area contributed by atoms with Crippen molar-refractivity contribution in [3.63, 3.8) is 0 Å². The van der Waals surface area contributed by atoms with Crippen molar-refractivity contribution in [2.45, 2.75) is 38.5 Å². The molecule has 0 bridgehead atoms. The molecular formula is C23H24ClF2N5O2. The summed E-state index contributed by atoms with van der Waals surface area (Å²) in [5.41, 5.74) is 0.248. The summed E-state index contributed by atoms with van der Waals surface area (Å²) in [6, 6.07) is 3.77. The summed E-state index contributed by atoms with van der Waals surface area (Å²) in [6.07, 6.45) is 4.51. The molecule has 1 saturated carbocycles. The van der Waals surface area contributed by atoms with E-state index in [-0.39, 0.29) is 5.56 Å². The Morgan fingerprint density at radius 1 is 1.09 bits per heavy atom. The second-order valence-electron chi connectivity index (χ2n) is 9.43. The maximum Gasteiger partial charge on any atom is 0.273 e. The molecule has 174 valence electrons. The van der Waals surface area contributed by atoms with Crippen molar-refractivity contribution in [2.75, 3.05) is 19.6 Å². The number of nitrogens with one attached hydrogen (secondary N) is 2. The van der Waals surface area contributed by atoms with Crippen molar-refractivity contribution in [3.05, 3.63) is 66.9 Å². The molecule has 2 N–H and O–H groups in total. The summed E-state index contributed by atoms with van der Waals surface area (Å²) < 4.78 is 26.3. The van der Waals surface area contributed by atoms with E-state index in [0.717, 1.165) is 49.8 Å². The predicted molar refractivity (Wildman–Crippen MR) is 121 cm³/mol. The molecule has 2 fully saturated rings. The first-order valence-corrected chi connectivity index (χ1v) is 11.4. The van der Waals surface area contributed by atoms with Gasteiger partial charge in [0.25, 0.3) is 17.5 Å². The number of aryl methyl sites for hydroxylation is 1. The van der Waals surface area contributed by atoms with E-state index in [9.17, 15) is 18.4 Å². The summed E-state index contributed by atoms with van der Waals surface area (Å²) in [5, 5.41) is 13.9. The molecule has 3 aromatic rings. The average Bonchev–Trinajstić information content (AvgIpc) is 2.71. The fourth-order valence-corrected chi connectivity index (χ4v) is 5.97. The van der Waals surface area contributed by atoms with Gasteiger partial charge in [-0.15, -0.1) is 0 Å². The van der Waals surface area contributed by atoms with E-state index in [1.54, 1.807) is 12.3 Å². The van der Waals surface area contributed by atoms with Crippen molar-refractivity contribution < 1.29 is 8.78 Å². The zero-order chi connectivity index (χ0) is 23.2. The van der Waals surface area contributed by atoms with Gasteiger partial charge in [0, 0.05) is 18.5 Å². The minimum Gasteiger partial charge on any atom is -0.302 e. The molecule has 0 radical (unpaired) electrons. The first-order valence-electron chi connectivity index (χ1n) is 11.1. The second kappa shape index (κ2) is 8.61. The number of hydrogen-bond acceptors (Lipinski definition) is 5. The van der Waals surface area contributed by atoms with Crippen LogP contribution in [-0.2, 0) is 12.8 Å². The summed E-state index contributed by atoms with van der Waals surface area (Å²) in [7, 11) is 0. The third kappa shape index (κ3) is 4.19. The Bertz CT molecular complexity index is 1290. The quantitative estimate of drug-likeness (QED) is 0.545. The number of rotatable bonds is 7. The lowest BCUT2D eigenvalue weighted by atomic mass is 9.56. The van der Waals surface area contributed by atoms with Crippen molar-refractivity contribution >= 4 is 22.4 Å². The predicted octanol–water partition coefficient (Wildman–Crippen LogP) is 3.48. The van der Waals surface area contributed by atoms with Gasteiger partial charge in [-0.2, -0.15) is 10.2 Å². The largest absolute Gasteiger partial charge is 0.302 e. The Morgan fingerprint density at radius 3 is 2.58 bits per heavy atom. The molecule has 1 spiro atoms. The Balaban J connectivity index is 1.12. The maximum atomic E-state index is 13.1. The first-order chi connectivity index (χ1) is 15.8. The number of nitrogens with zero attached hydrogens (tertiary/aromatic N) is 3. The third-order valence-corrected chi connectivity index (χ3v) is 7.37. The summed E-state index contributed by atoms with van der Waals surface area (Å²) in [5.74, 6) is 0.562. The van der Waals surface area contributed by atoms with Gasteiger partial charge >= 0.3 is 0 Å². The van der Waals surface area contributed by atoms with E-state index in [2.05, 4.69) is 25.3 Å². The Morgan fingerprint density at radius 2 is 1.82 bits per heavy atom. The van der Waals surface area contributed by atoms with Gasteiger partial charge in [0.15, 0.2) is 0 Å². The second-order valence-corrected chi connectivity index (χ2v) is 9.83. The lowest BCUT2D eigenvalue weighted by molar-refractivity contribution is -0.0936. The topological polar surface area (TPSA) is 94.7 Å². The van der Waals surface area contributed by atoms with Crippen LogP contribution in [-0.4, -0.2) is 44.9 Å². The highest BCUT2D eigenvalue weighted by molar-refractivity contribution is 6.35. The molecule has 0 amide bonds. The van der Waals surface area contributed by atoms with Gasteiger partial charge in [0.05, 0.1) is 28.4 Å². The SMILES string of the molecule is O=c1[nH]ncc(CCCN2CC3(CC(Cc4ccc(Cl)c5c(=O)[nH]ncc45)C3)C2)c1C(F)F. The van der Waals surface area contributed by atoms with Crippen LogP contribution in [0.15, 0.2) is 34.1 Å². The molecule has 1 aliphatic carbocycles. The summed E-state index contributed by atoms with van der Waals surface area (Å²) in [6.45, 7) is 2.85. The third-order valence-electron chi connectivity index (χ3n) is 7.06. The molecule has 2 aliphatic rings. The molecule has 1 aromatic carbocycles. The lowest BCUT2D eigenvalue weighted by Gasteiger charge is -2.59. The maximum absolute atomic E-state index is 13.1. The standard InChI is InChI=1S/C23H24ClF2N5O2/c24-17-4-3-14(16-10-28-30-22(33)19(16)17)6-13-7-23(8-13)11-31(12-23)5-1-2-15-9-27-29-21(32)18(15)20(25)26/h3-4,9-10,13,20H,1-2,5-8,11-12H2,(H,29,32)(H,30,33). The normalized spacial score (nSPS) is 18.1. The Kier molecular flexibility index (Phi) is 5.78. The molecule has 0 unspecified atom stereocenters. The number of fused-ring (bicyclic) bond motifs is 1. The number of H-pyrrole nitrogens is 2. The number of halogens is 3. The molecule has 1 saturated heterocycles. The van der Waals surface area contributed by atoms with Gasteiger partial charge in [0.2, 0.25) is 0 Å². The number of alkyl halides is 2. The van der Waals surface area contributed by atoms with Crippen LogP contribution in [0.3, 0.4) is 0 Å². The van der Waals surface area contributed by atoms with Crippen LogP contribution in [0, 0.1) is 11.3 Å². The van der Waals surface area contributed by atoms with Crippen molar-refractivity contribution in [1.82, 2.24) is 25.3 Å². The average molecular weight is 476 g/mol. The molecule has 5 rings (SSSR count). The number of likely N-dealkylation sites (tertiary alicyclic amines) is 1. The monoisotopic (exact) mass is 475 g/mol. The van der Waals surface area contributed by atoms with E-state index in [0.29, 0.717) is 40.1 Å². The van der Waals surface area contributed by atoms with Crippen LogP contribution in [0.25, 0.3) is 10.8 Å². The summed E-state index contributed by atoms with van der Waals surface area (Å²) >= 11 is 6.21. The number of aromatic nitrogens is 4. The van der Waals surface area contributed by atoms with Gasteiger partial charge in [-0.3, -0.25) is 9.59 Å². The highest BCUT2D eigenvalue weighted by Gasteiger charge is 2.51. The van der Waals surface area contributed by atoms with Crippen molar-refractivity contribution in [3.8, 4) is 0 Å². The van der Waals surface area contributed by atoms with Gasteiger partial charge in [-0.1, -0.05) is 17.7 Å². The zero-order valence-electron chi connectivity index (χ0n) is 17.9. The van der Waals surface area contributed by atoms with E-state index >= 15 is 0 Å². The Hall–Kier alpha value is -2.65. The van der Waals surface area contributed by atoms with Gasteiger partial charge in [0.1, 0.15) is 0 Å². The van der Waals surface area contributed by atoms with Crippen molar-refractivity contribution in [2.24, 2.45) is 11.3 Å². The van der Waals surface area contributed by atoms with Gasteiger partial charge in [-0.25, -0.2) is 19.0 Å². The molecule has 3 heterocycles. The first kappa shape index (κ1) is 22.2. The molecule has 0 atom stereocenters. The van der Waals surface area contributed by atoms with Crippen LogP contribution in [0.1, 0.15) is 42.4 Å². The smallest absolute Gasteiger partial charge is 0.273 e. The van der Waals surface area contributed by atoms with Crippen LogP contribution < -0.4 is 11.1 Å². The molecular weight excluding hydrogens is 452 g/mol. The zero-order valence-corrected chi connectivity index (χ0v) is 18.7. The lowest BCUT2D eigenvalue weighted by Crippen LogP contribution is -2.62. The van der Waals surface area contributed by atoms with Crippen molar-refractivity contribution in [1.29, 1.82) is 0 Å². The van der Waals surface area contributed by atoms with E-state index in [1.165, 1.54) is 6.20 Å². The van der Waals surface area contributed by atoms with E-state index in [1.807, 2.05) is 6.07 Å².